The third kappa shape index (κ3) is 6.81. The summed E-state index contributed by atoms with van der Waals surface area (Å²) in [5.74, 6) is -1.35. The molecule has 2 rings (SSSR count). The van der Waals surface area contributed by atoms with E-state index in [0.717, 1.165) is 0 Å². The van der Waals surface area contributed by atoms with Gasteiger partial charge in [0.1, 0.15) is 0 Å². The summed E-state index contributed by atoms with van der Waals surface area (Å²) in [5.41, 5.74) is 0.971. The molecule has 1 amide bonds. The second-order valence-electron chi connectivity index (χ2n) is 6.22. The Bertz CT molecular complexity index is 972. The Morgan fingerprint density at radius 2 is 1.62 bits per heavy atom. The van der Waals surface area contributed by atoms with E-state index in [4.69, 9.17) is 4.74 Å². The van der Waals surface area contributed by atoms with Crippen LogP contribution >= 0.6 is 0 Å². The van der Waals surface area contributed by atoms with Gasteiger partial charge >= 0.3 is 5.97 Å². The van der Waals surface area contributed by atoms with Crippen LogP contribution in [-0.4, -0.2) is 38.7 Å². The molecule has 2 aromatic carbocycles. The molecule has 0 aliphatic heterocycles. The van der Waals surface area contributed by atoms with E-state index in [-0.39, 0.29) is 23.6 Å². The summed E-state index contributed by atoms with van der Waals surface area (Å²) in [6.07, 6.45) is -1.29. The lowest BCUT2D eigenvalue weighted by atomic mass is 10.1. The second-order valence-corrected chi connectivity index (χ2v) is 7.98. The first kappa shape index (κ1) is 22.3. The highest BCUT2D eigenvalue weighted by Crippen LogP contribution is 2.11. The fourth-order valence-electron chi connectivity index (χ4n) is 2.31. The van der Waals surface area contributed by atoms with E-state index < -0.39 is 28.0 Å². The zero-order valence-electron chi connectivity index (χ0n) is 16.0. The monoisotopic (exact) mass is 418 g/mol. The van der Waals surface area contributed by atoms with Crippen molar-refractivity contribution in [3.63, 3.8) is 0 Å². The van der Waals surface area contributed by atoms with Crippen molar-refractivity contribution >= 4 is 33.4 Å². The fourth-order valence-corrected chi connectivity index (χ4v) is 3.37. The van der Waals surface area contributed by atoms with Crippen molar-refractivity contribution in [1.82, 2.24) is 4.72 Å². The first-order chi connectivity index (χ1) is 13.7. The van der Waals surface area contributed by atoms with Gasteiger partial charge in [-0.1, -0.05) is 18.2 Å². The minimum Gasteiger partial charge on any atom is -0.452 e. The van der Waals surface area contributed by atoms with Crippen molar-refractivity contribution in [1.29, 1.82) is 0 Å². The van der Waals surface area contributed by atoms with E-state index >= 15 is 0 Å². The van der Waals surface area contributed by atoms with Gasteiger partial charge in [0, 0.05) is 17.8 Å². The summed E-state index contributed by atoms with van der Waals surface area (Å²) in [5, 5.41) is 2.58. The number of hydrogen-bond acceptors (Lipinski definition) is 6. The molecule has 1 atom stereocenters. The Hall–Kier alpha value is -3.04. The van der Waals surface area contributed by atoms with Gasteiger partial charge in [-0.25, -0.2) is 13.1 Å². The molecule has 0 saturated heterocycles. The molecule has 9 heteroatoms. The Morgan fingerprint density at radius 1 is 1.00 bits per heavy atom. The maximum absolute atomic E-state index is 12.1. The van der Waals surface area contributed by atoms with Crippen molar-refractivity contribution in [2.24, 2.45) is 0 Å². The molecule has 0 unspecified atom stereocenters. The maximum Gasteiger partial charge on any atom is 0.307 e. The molecule has 0 aliphatic rings. The molecule has 0 bridgehead atoms. The summed E-state index contributed by atoms with van der Waals surface area (Å²) in [7, 11) is -3.71. The Balaban J connectivity index is 1.79. The molecule has 0 radical (unpaired) electrons. The van der Waals surface area contributed by atoms with Gasteiger partial charge in [-0.2, -0.15) is 0 Å². The summed E-state index contributed by atoms with van der Waals surface area (Å²) in [6, 6.07) is 14.1. The van der Waals surface area contributed by atoms with E-state index in [9.17, 15) is 22.8 Å². The van der Waals surface area contributed by atoms with Crippen LogP contribution in [0.25, 0.3) is 0 Å². The van der Waals surface area contributed by atoms with Crippen molar-refractivity contribution < 1.29 is 27.5 Å². The van der Waals surface area contributed by atoms with Crippen LogP contribution in [0.2, 0.25) is 0 Å². The zero-order chi connectivity index (χ0) is 21.4. The minimum atomic E-state index is -3.71. The lowest BCUT2D eigenvalue weighted by molar-refractivity contribution is -0.152. The first-order valence-electron chi connectivity index (χ1n) is 8.85. The van der Waals surface area contributed by atoms with E-state index in [2.05, 4.69) is 10.0 Å². The highest BCUT2D eigenvalue weighted by atomic mass is 32.2. The van der Waals surface area contributed by atoms with Crippen LogP contribution in [0.1, 0.15) is 30.6 Å². The summed E-state index contributed by atoms with van der Waals surface area (Å²) in [4.78, 5) is 35.3. The second kappa shape index (κ2) is 9.94. The van der Waals surface area contributed by atoms with Crippen LogP contribution in [0.4, 0.5) is 5.69 Å². The zero-order valence-corrected chi connectivity index (χ0v) is 16.9. The third-order valence-corrected chi connectivity index (χ3v) is 5.39. The summed E-state index contributed by atoms with van der Waals surface area (Å²) < 4.78 is 31.5. The normalized spacial score (nSPS) is 12.1. The van der Waals surface area contributed by atoms with Crippen LogP contribution < -0.4 is 10.0 Å². The number of ether oxygens (including phenoxy) is 1. The number of ketones is 1. The van der Waals surface area contributed by atoms with Gasteiger partial charge < -0.3 is 10.1 Å². The first-order valence-corrected chi connectivity index (χ1v) is 10.3. The van der Waals surface area contributed by atoms with Crippen LogP contribution in [0.15, 0.2) is 59.5 Å². The molecular formula is C20H22N2O6S. The Kier molecular flexibility index (Phi) is 7.63. The van der Waals surface area contributed by atoms with Gasteiger partial charge in [0.15, 0.2) is 11.9 Å². The van der Waals surface area contributed by atoms with E-state index in [1.807, 2.05) is 0 Å². The Morgan fingerprint density at radius 3 is 2.21 bits per heavy atom. The highest BCUT2D eigenvalue weighted by molar-refractivity contribution is 7.89. The van der Waals surface area contributed by atoms with Crippen LogP contribution in [0.5, 0.6) is 0 Å². The van der Waals surface area contributed by atoms with Gasteiger partial charge in [0.2, 0.25) is 10.0 Å². The molecule has 2 aromatic rings. The molecule has 0 spiro atoms. The average molecular weight is 418 g/mol. The van der Waals surface area contributed by atoms with Gasteiger partial charge in [-0.3, -0.25) is 14.4 Å². The molecule has 8 nitrogen and oxygen atoms in total. The topological polar surface area (TPSA) is 119 Å². The predicted molar refractivity (Wildman–Crippen MR) is 107 cm³/mol. The smallest absolute Gasteiger partial charge is 0.307 e. The van der Waals surface area contributed by atoms with Crippen molar-refractivity contribution in [3.05, 3.63) is 60.2 Å². The number of amides is 1. The van der Waals surface area contributed by atoms with Crippen molar-refractivity contribution in [2.75, 3.05) is 11.9 Å². The van der Waals surface area contributed by atoms with E-state index in [1.165, 1.54) is 26.0 Å². The molecule has 2 N–H and O–H groups in total. The molecule has 0 heterocycles. The predicted octanol–water partition coefficient (Wildman–Crippen LogP) is 2.13. The standard InChI is InChI=1S/C20H22N2O6S/c1-14(23)16-8-10-17(11-9-16)22-20(25)15(2)28-19(24)12-13-21-29(26,27)18-6-4-3-5-7-18/h3-11,15,21H,12-13H2,1-2H3,(H,22,25)/t15-/m1/s1. The maximum atomic E-state index is 12.1. The number of rotatable bonds is 9. The molecule has 0 saturated carbocycles. The number of carbonyl (C=O) groups is 3. The van der Waals surface area contributed by atoms with E-state index in [0.29, 0.717) is 11.3 Å². The number of carbonyl (C=O) groups excluding carboxylic acids is 3. The van der Waals surface area contributed by atoms with Gasteiger partial charge in [0.25, 0.3) is 5.91 Å². The van der Waals surface area contributed by atoms with Gasteiger partial charge in [0.05, 0.1) is 11.3 Å². The molecular weight excluding hydrogens is 396 g/mol. The molecule has 0 fully saturated rings. The average Bonchev–Trinajstić information content (AvgIpc) is 2.68. The summed E-state index contributed by atoms with van der Waals surface area (Å²) >= 11 is 0. The SMILES string of the molecule is CC(=O)c1ccc(NC(=O)[C@@H](C)OC(=O)CCNS(=O)(=O)c2ccccc2)cc1. The van der Waals surface area contributed by atoms with Crippen LogP contribution in [0.3, 0.4) is 0 Å². The molecule has 29 heavy (non-hydrogen) atoms. The number of anilines is 1. The number of sulfonamides is 1. The van der Waals surface area contributed by atoms with Gasteiger partial charge in [-0.15, -0.1) is 0 Å². The quantitative estimate of drug-likeness (QED) is 0.476. The van der Waals surface area contributed by atoms with Crippen LogP contribution in [-0.2, 0) is 24.3 Å². The number of nitrogens with one attached hydrogen (secondary N) is 2. The van der Waals surface area contributed by atoms with Gasteiger partial charge in [-0.05, 0) is 50.2 Å². The molecule has 0 aromatic heterocycles. The van der Waals surface area contributed by atoms with Crippen molar-refractivity contribution in [2.45, 2.75) is 31.3 Å². The largest absolute Gasteiger partial charge is 0.452 e. The number of benzene rings is 2. The lowest BCUT2D eigenvalue weighted by Gasteiger charge is -2.14. The minimum absolute atomic E-state index is 0.0898. The Labute approximate surface area is 169 Å². The van der Waals surface area contributed by atoms with Crippen molar-refractivity contribution in [3.8, 4) is 0 Å². The third-order valence-electron chi connectivity index (χ3n) is 3.91. The lowest BCUT2D eigenvalue weighted by Crippen LogP contribution is -2.32. The van der Waals surface area contributed by atoms with Crippen LogP contribution in [0, 0.1) is 0 Å². The number of Topliss-reactive ketones (excluding diaryl/α,β-unsaturated/α-hetero) is 1. The fraction of sp³-hybridized carbons (Fsp3) is 0.250. The number of esters is 1. The summed E-state index contributed by atoms with van der Waals surface area (Å²) in [6.45, 7) is 2.69. The molecule has 0 aliphatic carbocycles. The van der Waals surface area contributed by atoms with E-state index in [1.54, 1.807) is 42.5 Å². The number of hydrogen-bond donors (Lipinski definition) is 2. The highest BCUT2D eigenvalue weighted by Gasteiger charge is 2.19. The molecule has 154 valence electrons.